The molecule has 8 heteroatoms. The summed E-state index contributed by atoms with van der Waals surface area (Å²) in [6, 6.07) is 0. The first-order chi connectivity index (χ1) is 5.91. The first kappa shape index (κ1) is 10.9. The molecule has 0 aliphatic rings. The number of rotatable bonds is 0. The summed E-state index contributed by atoms with van der Waals surface area (Å²) in [5.41, 5.74) is 20.3. The lowest BCUT2D eigenvalue weighted by Gasteiger charge is -1.94. The molecule has 0 saturated carbocycles. The van der Waals surface area contributed by atoms with Crippen molar-refractivity contribution in [3.8, 4) is 0 Å². The molecule has 0 spiro atoms. The number of amidine groups is 1. The molecule has 13 heavy (non-hydrogen) atoms. The highest BCUT2D eigenvalue weighted by atomic mass is 15.2. The van der Waals surface area contributed by atoms with Crippen molar-refractivity contribution in [3.63, 3.8) is 0 Å². The van der Waals surface area contributed by atoms with E-state index in [1.165, 1.54) is 6.92 Å². The Kier molecular flexibility index (Phi) is 3.93. The maximum atomic E-state index is 7.02. The van der Waals surface area contributed by atoms with E-state index in [1.54, 1.807) is 0 Å². The van der Waals surface area contributed by atoms with Crippen LogP contribution in [0.15, 0.2) is 15.0 Å². The highest BCUT2D eigenvalue weighted by Gasteiger charge is 1.95. The summed E-state index contributed by atoms with van der Waals surface area (Å²) in [6.45, 7) is 1.43. The molecule has 0 rings (SSSR count). The van der Waals surface area contributed by atoms with E-state index < -0.39 is 0 Å². The molecule has 8 nitrogen and oxygen atoms in total. The van der Waals surface area contributed by atoms with Gasteiger partial charge in [0, 0.05) is 0 Å². The molecule has 0 aromatic heterocycles. The minimum Gasteiger partial charge on any atom is -0.370 e. The van der Waals surface area contributed by atoms with Crippen LogP contribution >= 0.6 is 0 Å². The highest BCUT2D eigenvalue weighted by Crippen LogP contribution is 1.85. The van der Waals surface area contributed by atoms with E-state index in [9.17, 15) is 0 Å². The fourth-order valence-electron chi connectivity index (χ4n) is 0.456. The standard InChI is InChI=1S/C5H12N8/c1-2(6)11-5(12-3(7)8)13-4(9)10/h1H3,(H9,6,7,8,9,10,11,12,13). The number of nitrogens with zero attached hydrogens (tertiary/aromatic N) is 3. The summed E-state index contributed by atoms with van der Waals surface area (Å²) in [5.74, 6) is -0.618. The third kappa shape index (κ3) is 6.28. The van der Waals surface area contributed by atoms with Gasteiger partial charge >= 0.3 is 0 Å². The monoisotopic (exact) mass is 184 g/mol. The minimum atomic E-state index is -0.231. The molecule has 72 valence electrons. The van der Waals surface area contributed by atoms with Crippen LogP contribution in [0.25, 0.3) is 0 Å². The molecule has 0 saturated heterocycles. The van der Waals surface area contributed by atoms with Crippen LogP contribution in [0.5, 0.6) is 0 Å². The lowest BCUT2D eigenvalue weighted by atomic mass is 10.7. The van der Waals surface area contributed by atoms with Crippen LogP contribution in [-0.2, 0) is 0 Å². The molecule has 0 aromatic carbocycles. The van der Waals surface area contributed by atoms with Crippen molar-refractivity contribution in [1.29, 1.82) is 5.41 Å². The second-order valence-electron chi connectivity index (χ2n) is 2.07. The molecule has 0 fully saturated rings. The van der Waals surface area contributed by atoms with Crippen molar-refractivity contribution < 1.29 is 0 Å². The second kappa shape index (κ2) is 4.70. The van der Waals surface area contributed by atoms with Gasteiger partial charge in [0.2, 0.25) is 0 Å². The summed E-state index contributed by atoms with van der Waals surface area (Å²) < 4.78 is 0. The van der Waals surface area contributed by atoms with Crippen LogP contribution in [-0.4, -0.2) is 23.7 Å². The molecule has 0 bridgehead atoms. The summed E-state index contributed by atoms with van der Waals surface area (Å²) in [5, 5.41) is 7.02. The normalized spacial score (nSPS) is 8.38. The smallest absolute Gasteiger partial charge is 0.257 e. The third-order valence-electron chi connectivity index (χ3n) is 0.726. The Bertz CT molecular complexity index is 257. The average molecular weight is 184 g/mol. The summed E-state index contributed by atoms with van der Waals surface area (Å²) in [6.07, 6.45) is 0. The van der Waals surface area contributed by atoms with Gasteiger partial charge in [0.15, 0.2) is 11.9 Å². The van der Waals surface area contributed by atoms with Gasteiger partial charge in [-0.25, -0.2) is 0 Å². The van der Waals surface area contributed by atoms with Crippen LogP contribution in [0, 0.1) is 5.41 Å². The first-order valence-electron chi connectivity index (χ1n) is 3.25. The Morgan fingerprint density at radius 2 is 1.31 bits per heavy atom. The lowest BCUT2D eigenvalue weighted by molar-refractivity contribution is 1.34. The molecule has 0 aliphatic carbocycles. The molecule has 0 heterocycles. The van der Waals surface area contributed by atoms with Gasteiger partial charge in [-0.3, -0.25) is 5.41 Å². The second-order valence-corrected chi connectivity index (χ2v) is 2.07. The summed E-state index contributed by atoms with van der Waals surface area (Å²) in [7, 11) is 0. The maximum absolute atomic E-state index is 7.02. The van der Waals surface area contributed by atoms with Crippen molar-refractivity contribution in [2.45, 2.75) is 6.92 Å². The van der Waals surface area contributed by atoms with Gasteiger partial charge in [-0.1, -0.05) is 0 Å². The van der Waals surface area contributed by atoms with Crippen LogP contribution in [0.2, 0.25) is 0 Å². The minimum absolute atomic E-state index is 0.00926. The van der Waals surface area contributed by atoms with Crippen LogP contribution in [0.1, 0.15) is 6.92 Å². The zero-order valence-corrected chi connectivity index (χ0v) is 7.15. The van der Waals surface area contributed by atoms with E-state index in [0.717, 1.165) is 0 Å². The lowest BCUT2D eigenvalue weighted by Crippen LogP contribution is -2.27. The molecule has 9 N–H and O–H groups in total. The largest absolute Gasteiger partial charge is 0.370 e. The third-order valence-corrected chi connectivity index (χ3v) is 0.726. The van der Waals surface area contributed by atoms with E-state index in [4.69, 9.17) is 28.3 Å². The number of hydrogen-bond donors (Lipinski definition) is 5. The van der Waals surface area contributed by atoms with Gasteiger partial charge < -0.3 is 22.9 Å². The first-order valence-corrected chi connectivity index (χ1v) is 3.25. The zero-order chi connectivity index (χ0) is 10.4. The van der Waals surface area contributed by atoms with Gasteiger partial charge in [0.25, 0.3) is 5.96 Å². The summed E-state index contributed by atoms with van der Waals surface area (Å²) in [4.78, 5) is 10.5. The molecule has 0 radical (unpaired) electrons. The Labute approximate surface area is 74.9 Å². The quantitative estimate of drug-likeness (QED) is 0.215. The number of nitrogens with two attached hydrogens (primary N) is 4. The molecular formula is C5H12N8. The summed E-state index contributed by atoms with van der Waals surface area (Å²) >= 11 is 0. The van der Waals surface area contributed by atoms with Crippen molar-refractivity contribution >= 4 is 23.7 Å². The Hall–Kier alpha value is -2.12. The number of nitrogens with one attached hydrogen (secondary N) is 1. The fourth-order valence-corrected chi connectivity index (χ4v) is 0.456. The maximum Gasteiger partial charge on any atom is 0.257 e. The molecular weight excluding hydrogens is 172 g/mol. The molecule has 0 aromatic rings. The van der Waals surface area contributed by atoms with Crippen molar-refractivity contribution in [1.82, 2.24) is 0 Å². The van der Waals surface area contributed by atoms with E-state index in [-0.39, 0.29) is 23.7 Å². The van der Waals surface area contributed by atoms with Gasteiger partial charge in [-0.15, -0.1) is 0 Å². The van der Waals surface area contributed by atoms with Crippen molar-refractivity contribution in [3.05, 3.63) is 0 Å². The van der Waals surface area contributed by atoms with Gasteiger partial charge in [-0.2, -0.15) is 15.0 Å². The molecule has 0 amide bonds. The Morgan fingerprint density at radius 1 is 0.923 bits per heavy atom. The zero-order valence-electron chi connectivity index (χ0n) is 7.15. The van der Waals surface area contributed by atoms with Crippen molar-refractivity contribution in [2.75, 3.05) is 0 Å². The molecule has 0 unspecified atom stereocenters. The van der Waals surface area contributed by atoms with Crippen molar-refractivity contribution in [2.24, 2.45) is 37.9 Å². The number of aliphatic imine (C=N–C) groups is 3. The van der Waals surface area contributed by atoms with Crippen LogP contribution < -0.4 is 22.9 Å². The van der Waals surface area contributed by atoms with Gasteiger partial charge in [0.1, 0.15) is 5.84 Å². The number of guanidine groups is 3. The van der Waals surface area contributed by atoms with E-state index in [2.05, 4.69) is 15.0 Å². The molecule has 0 aliphatic heterocycles. The van der Waals surface area contributed by atoms with E-state index in [0.29, 0.717) is 0 Å². The van der Waals surface area contributed by atoms with E-state index in [1.807, 2.05) is 0 Å². The highest BCUT2D eigenvalue weighted by molar-refractivity contribution is 6.04. The van der Waals surface area contributed by atoms with Gasteiger partial charge in [-0.05, 0) is 6.92 Å². The SMILES string of the molecule is CC(=N)N=C(N=C(N)N)N=C(N)N. The number of hydrogen-bond acceptors (Lipinski definition) is 1. The predicted molar refractivity (Wildman–Crippen MR) is 52.5 cm³/mol. The Morgan fingerprint density at radius 3 is 1.54 bits per heavy atom. The average Bonchev–Trinajstić information content (AvgIpc) is 1.80. The van der Waals surface area contributed by atoms with Crippen LogP contribution in [0.4, 0.5) is 0 Å². The molecule has 0 atom stereocenters. The van der Waals surface area contributed by atoms with Crippen LogP contribution in [0.3, 0.4) is 0 Å². The predicted octanol–water partition coefficient (Wildman–Crippen LogP) is -2.11. The topological polar surface area (TPSA) is 165 Å². The Balaban J connectivity index is 4.88. The van der Waals surface area contributed by atoms with E-state index >= 15 is 0 Å². The fraction of sp³-hybridized carbons (Fsp3) is 0.200. The van der Waals surface area contributed by atoms with Gasteiger partial charge in [0.05, 0.1) is 0 Å².